The Morgan fingerprint density at radius 1 is 1.05 bits per heavy atom. The molecule has 1 N–H and O–H groups in total. The van der Waals surface area contributed by atoms with E-state index in [1.807, 2.05) is 19.2 Å². The van der Waals surface area contributed by atoms with Crippen LogP contribution in [0.4, 0.5) is 0 Å². The van der Waals surface area contributed by atoms with Crippen molar-refractivity contribution in [2.24, 2.45) is 7.05 Å². The van der Waals surface area contributed by atoms with Crippen LogP contribution in [0.3, 0.4) is 0 Å². The number of ether oxygens (including phenoxy) is 2. The average molecular weight is 274 g/mol. The molecule has 0 bridgehead atoms. The second-order valence-corrected chi connectivity index (χ2v) is 4.80. The Morgan fingerprint density at radius 3 is 2.50 bits per heavy atom. The molecule has 1 aromatic carbocycles. The van der Waals surface area contributed by atoms with Gasteiger partial charge >= 0.3 is 0 Å². The van der Waals surface area contributed by atoms with Gasteiger partial charge in [0.25, 0.3) is 0 Å². The van der Waals surface area contributed by atoms with Gasteiger partial charge in [-0.3, -0.25) is 0 Å². The molecule has 0 aliphatic carbocycles. The number of rotatable bonds is 7. The van der Waals surface area contributed by atoms with Crippen LogP contribution in [-0.4, -0.2) is 25.3 Å². The summed E-state index contributed by atoms with van der Waals surface area (Å²) < 4.78 is 12.6. The van der Waals surface area contributed by atoms with E-state index in [-0.39, 0.29) is 0 Å². The van der Waals surface area contributed by atoms with Crippen LogP contribution in [0, 0.1) is 0 Å². The van der Waals surface area contributed by atoms with Crippen molar-refractivity contribution in [2.75, 3.05) is 20.8 Å². The maximum absolute atomic E-state index is 5.31. The molecular weight excluding hydrogens is 252 g/mol. The van der Waals surface area contributed by atoms with Crippen molar-refractivity contribution >= 4 is 0 Å². The van der Waals surface area contributed by atoms with Crippen molar-refractivity contribution < 1.29 is 9.47 Å². The molecule has 1 aromatic heterocycles. The number of benzene rings is 1. The Kier molecular flexibility index (Phi) is 5.07. The van der Waals surface area contributed by atoms with Crippen LogP contribution in [0.2, 0.25) is 0 Å². The van der Waals surface area contributed by atoms with Gasteiger partial charge in [-0.2, -0.15) is 0 Å². The highest BCUT2D eigenvalue weighted by molar-refractivity contribution is 5.42. The average Bonchev–Trinajstić information content (AvgIpc) is 2.89. The molecule has 1 heterocycles. The first-order chi connectivity index (χ1) is 9.72. The molecule has 0 radical (unpaired) electrons. The number of hydrogen-bond donors (Lipinski definition) is 1. The molecular formula is C16H22N2O2. The van der Waals surface area contributed by atoms with Crippen molar-refractivity contribution in [3.63, 3.8) is 0 Å². The highest BCUT2D eigenvalue weighted by Gasteiger charge is 2.04. The number of hydrogen-bond acceptors (Lipinski definition) is 3. The van der Waals surface area contributed by atoms with Crippen LogP contribution < -0.4 is 14.8 Å². The van der Waals surface area contributed by atoms with E-state index in [2.05, 4.69) is 34.4 Å². The molecule has 0 saturated carbocycles. The molecule has 0 spiro atoms. The van der Waals surface area contributed by atoms with Gasteiger partial charge in [-0.15, -0.1) is 0 Å². The third-order valence-corrected chi connectivity index (χ3v) is 3.26. The summed E-state index contributed by atoms with van der Waals surface area (Å²) in [5.74, 6) is 1.56. The maximum Gasteiger partial charge on any atom is 0.160 e. The third-order valence-electron chi connectivity index (χ3n) is 3.26. The van der Waals surface area contributed by atoms with Gasteiger partial charge in [0.2, 0.25) is 0 Å². The molecule has 20 heavy (non-hydrogen) atoms. The Hall–Kier alpha value is -1.94. The number of methoxy groups -OCH3 is 2. The molecule has 4 nitrogen and oxygen atoms in total. The lowest BCUT2D eigenvalue weighted by molar-refractivity contribution is 0.354. The molecule has 4 heteroatoms. The van der Waals surface area contributed by atoms with Gasteiger partial charge in [0.15, 0.2) is 11.5 Å². The van der Waals surface area contributed by atoms with Crippen molar-refractivity contribution in [3.05, 3.63) is 47.8 Å². The molecule has 0 atom stereocenters. The first kappa shape index (κ1) is 14.5. The van der Waals surface area contributed by atoms with Crippen molar-refractivity contribution in [1.29, 1.82) is 0 Å². The molecule has 0 amide bonds. The Bertz CT molecular complexity index is 549. The topological polar surface area (TPSA) is 35.4 Å². The van der Waals surface area contributed by atoms with Gasteiger partial charge in [-0.25, -0.2) is 0 Å². The minimum absolute atomic E-state index is 0.772. The van der Waals surface area contributed by atoms with E-state index in [0.717, 1.165) is 31.0 Å². The SMILES string of the molecule is COc1ccc(CCNCc2ccn(C)c2)cc1OC. The van der Waals surface area contributed by atoms with Crippen LogP contribution in [0.15, 0.2) is 36.7 Å². The summed E-state index contributed by atoms with van der Waals surface area (Å²) >= 11 is 0. The summed E-state index contributed by atoms with van der Waals surface area (Å²) in [6, 6.07) is 8.18. The number of nitrogens with zero attached hydrogens (tertiary/aromatic N) is 1. The van der Waals surface area contributed by atoms with E-state index in [1.165, 1.54) is 11.1 Å². The van der Waals surface area contributed by atoms with Gasteiger partial charge in [-0.1, -0.05) is 6.07 Å². The van der Waals surface area contributed by atoms with E-state index < -0.39 is 0 Å². The van der Waals surface area contributed by atoms with Gasteiger partial charge in [0.05, 0.1) is 14.2 Å². The van der Waals surface area contributed by atoms with E-state index in [9.17, 15) is 0 Å². The van der Waals surface area contributed by atoms with Crippen LogP contribution in [0.1, 0.15) is 11.1 Å². The van der Waals surface area contributed by atoms with E-state index in [0.29, 0.717) is 0 Å². The van der Waals surface area contributed by atoms with Gasteiger partial charge < -0.3 is 19.4 Å². The standard InChI is InChI=1S/C16H22N2O2/c1-18-9-7-14(12-18)11-17-8-6-13-4-5-15(19-2)16(10-13)20-3/h4-5,7,9-10,12,17H,6,8,11H2,1-3H3. The molecule has 2 rings (SSSR count). The highest BCUT2D eigenvalue weighted by Crippen LogP contribution is 2.27. The fourth-order valence-corrected chi connectivity index (χ4v) is 2.17. The fraction of sp³-hybridized carbons (Fsp3) is 0.375. The first-order valence-electron chi connectivity index (χ1n) is 6.75. The summed E-state index contributed by atoms with van der Waals surface area (Å²) in [4.78, 5) is 0. The Balaban J connectivity index is 1.82. The molecule has 0 aliphatic heterocycles. The van der Waals surface area contributed by atoms with E-state index >= 15 is 0 Å². The Labute approximate surface area is 120 Å². The second-order valence-electron chi connectivity index (χ2n) is 4.80. The number of aromatic nitrogens is 1. The number of nitrogens with one attached hydrogen (secondary N) is 1. The van der Waals surface area contributed by atoms with Gasteiger partial charge in [0, 0.05) is 26.0 Å². The second kappa shape index (κ2) is 7.01. The van der Waals surface area contributed by atoms with E-state index in [4.69, 9.17) is 9.47 Å². The monoisotopic (exact) mass is 274 g/mol. The molecule has 0 unspecified atom stereocenters. The summed E-state index contributed by atoms with van der Waals surface area (Å²) in [7, 11) is 5.35. The normalized spacial score (nSPS) is 10.6. The summed E-state index contributed by atoms with van der Waals surface area (Å²) in [6.45, 7) is 1.83. The molecule has 0 aliphatic rings. The first-order valence-corrected chi connectivity index (χ1v) is 6.75. The largest absolute Gasteiger partial charge is 0.493 e. The zero-order chi connectivity index (χ0) is 14.4. The van der Waals surface area contributed by atoms with Crippen LogP contribution in [0.25, 0.3) is 0 Å². The number of aryl methyl sites for hydroxylation is 1. The summed E-state index contributed by atoms with van der Waals surface area (Å²) in [5.41, 5.74) is 2.54. The lowest BCUT2D eigenvalue weighted by Crippen LogP contribution is -2.16. The van der Waals surface area contributed by atoms with Crippen molar-refractivity contribution in [3.8, 4) is 11.5 Å². The van der Waals surface area contributed by atoms with E-state index in [1.54, 1.807) is 14.2 Å². The van der Waals surface area contributed by atoms with Crippen LogP contribution in [0.5, 0.6) is 11.5 Å². The third kappa shape index (κ3) is 3.78. The Morgan fingerprint density at radius 2 is 1.85 bits per heavy atom. The molecule has 108 valence electrons. The van der Waals surface area contributed by atoms with Crippen molar-refractivity contribution in [1.82, 2.24) is 9.88 Å². The maximum atomic E-state index is 5.31. The van der Waals surface area contributed by atoms with Gasteiger partial charge in [-0.05, 0) is 42.3 Å². The molecule has 2 aromatic rings. The molecule has 0 saturated heterocycles. The lowest BCUT2D eigenvalue weighted by atomic mass is 10.1. The summed E-state index contributed by atoms with van der Waals surface area (Å²) in [5, 5.41) is 3.44. The minimum atomic E-state index is 0.772. The quantitative estimate of drug-likeness (QED) is 0.787. The predicted molar refractivity (Wildman–Crippen MR) is 80.4 cm³/mol. The predicted octanol–water partition coefficient (Wildman–Crippen LogP) is 2.37. The fourth-order valence-electron chi connectivity index (χ4n) is 2.17. The minimum Gasteiger partial charge on any atom is -0.493 e. The smallest absolute Gasteiger partial charge is 0.160 e. The summed E-state index contributed by atoms with van der Waals surface area (Å²) in [6.07, 6.45) is 5.15. The van der Waals surface area contributed by atoms with Gasteiger partial charge in [0.1, 0.15) is 0 Å². The zero-order valence-corrected chi connectivity index (χ0v) is 12.3. The highest BCUT2D eigenvalue weighted by atomic mass is 16.5. The molecule has 0 fully saturated rings. The van der Waals surface area contributed by atoms with Crippen molar-refractivity contribution in [2.45, 2.75) is 13.0 Å². The lowest BCUT2D eigenvalue weighted by Gasteiger charge is -2.10. The van der Waals surface area contributed by atoms with Crippen LogP contribution >= 0.6 is 0 Å². The zero-order valence-electron chi connectivity index (χ0n) is 12.3. The van der Waals surface area contributed by atoms with Crippen LogP contribution in [-0.2, 0) is 20.0 Å².